The van der Waals surface area contributed by atoms with E-state index in [0.29, 0.717) is 12.8 Å². The predicted molar refractivity (Wildman–Crippen MR) is 126 cm³/mol. The van der Waals surface area contributed by atoms with Crippen LogP contribution in [0.5, 0.6) is 0 Å². The molecular weight excluding hydrogens is 423 g/mol. The number of hydrogen-bond acceptors (Lipinski definition) is 4. The Morgan fingerprint density at radius 1 is 1.03 bits per heavy atom. The van der Waals surface area contributed by atoms with Crippen molar-refractivity contribution in [1.82, 2.24) is 4.90 Å². The molecule has 8 heteroatoms. The second-order valence-electron chi connectivity index (χ2n) is 7.40. The van der Waals surface area contributed by atoms with Crippen molar-refractivity contribution >= 4 is 48.0 Å². The van der Waals surface area contributed by atoms with Crippen molar-refractivity contribution in [3.8, 4) is 0 Å². The Morgan fingerprint density at radius 2 is 1.73 bits per heavy atom. The first-order chi connectivity index (χ1) is 13.5. The quantitative estimate of drug-likeness (QED) is 0.560. The summed E-state index contributed by atoms with van der Waals surface area (Å²) in [5, 5.41) is 2.97. The summed E-state index contributed by atoms with van der Waals surface area (Å²) >= 11 is 0. The molecule has 164 valence electrons. The Morgan fingerprint density at radius 3 is 2.40 bits per heavy atom. The Balaban J connectivity index is 0.00000225. The molecule has 0 saturated carbocycles. The Bertz CT molecular complexity index is 839. The second-order valence-corrected chi connectivity index (χ2v) is 7.40. The van der Waals surface area contributed by atoms with Gasteiger partial charge in [-0.1, -0.05) is 30.3 Å². The number of amides is 2. The summed E-state index contributed by atoms with van der Waals surface area (Å²) in [7, 11) is 0. The van der Waals surface area contributed by atoms with Gasteiger partial charge in [0, 0.05) is 30.3 Å². The molecule has 0 spiro atoms. The third-order valence-corrected chi connectivity index (χ3v) is 5.28. The van der Waals surface area contributed by atoms with Crippen LogP contribution in [-0.4, -0.2) is 29.8 Å². The molecule has 1 fully saturated rings. The molecule has 0 aromatic heterocycles. The monoisotopic (exact) mass is 452 g/mol. The van der Waals surface area contributed by atoms with Crippen LogP contribution in [0, 0.1) is 5.92 Å². The van der Waals surface area contributed by atoms with E-state index in [1.165, 1.54) is 0 Å². The van der Waals surface area contributed by atoms with Crippen molar-refractivity contribution in [2.75, 3.05) is 24.1 Å². The zero-order valence-corrected chi connectivity index (χ0v) is 18.5. The standard InChI is InChI=1S/C22H28N4O2.2ClH/c23-20-7-2-1-5-17(20)8-9-21(27)25-19-6-3-4-16(14-19)15-26-12-10-18(11-13-26)22(24)28;;/h1-7,14,18H,8-13,15,23H2,(H2,24,28)(H,25,27);2*1H. The first kappa shape index (κ1) is 25.8. The third kappa shape index (κ3) is 7.52. The van der Waals surface area contributed by atoms with Crippen LogP contribution in [0.1, 0.15) is 30.4 Å². The summed E-state index contributed by atoms with van der Waals surface area (Å²) in [5.41, 5.74) is 15.0. The van der Waals surface area contributed by atoms with Crippen LogP contribution in [0.4, 0.5) is 11.4 Å². The maximum atomic E-state index is 12.3. The molecule has 0 aliphatic carbocycles. The smallest absolute Gasteiger partial charge is 0.224 e. The van der Waals surface area contributed by atoms with Gasteiger partial charge in [-0.25, -0.2) is 0 Å². The van der Waals surface area contributed by atoms with E-state index >= 15 is 0 Å². The average Bonchev–Trinajstić information content (AvgIpc) is 2.68. The largest absolute Gasteiger partial charge is 0.399 e. The average molecular weight is 453 g/mol. The number of primary amides is 1. The summed E-state index contributed by atoms with van der Waals surface area (Å²) in [6, 6.07) is 15.5. The summed E-state index contributed by atoms with van der Waals surface area (Å²) in [6.45, 7) is 2.53. The number of piperidine rings is 1. The maximum Gasteiger partial charge on any atom is 0.224 e. The second kappa shape index (κ2) is 12.4. The highest BCUT2D eigenvalue weighted by Gasteiger charge is 2.22. The molecule has 1 heterocycles. The van der Waals surface area contributed by atoms with Crippen LogP contribution in [0.2, 0.25) is 0 Å². The Labute approximate surface area is 190 Å². The Kier molecular flexibility index (Phi) is 10.7. The van der Waals surface area contributed by atoms with E-state index in [1.807, 2.05) is 42.5 Å². The van der Waals surface area contributed by atoms with Crippen molar-refractivity contribution in [2.24, 2.45) is 11.7 Å². The summed E-state index contributed by atoms with van der Waals surface area (Å²) < 4.78 is 0. The zero-order valence-electron chi connectivity index (χ0n) is 16.9. The fourth-order valence-electron chi connectivity index (χ4n) is 3.61. The number of benzene rings is 2. The van der Waals surface area contributed by atoms with E-state index < -0.39 is 0 Å². The minimum atomic E-state index is -0.193. The molecule has 1 saturated heterocycles. The van der Waals surface area contributed by atoms with E-state index in [-0.39, 0.29) is 42.5 Å². The van der Waals surface area contributed by atoms with Crippen molar-refractivity contribution in [3.05, 3.63) is 59.7 Å². The fourth-order valence-corrected chi connectivity index (χ4v) is 3.61. The van der Waals surface area contributed by atoms with Crippen molar-refractivity contribution < 1.29 is 9.59 Å². The molecule has 0 atom stereocenters. The SMILES string of the molecule is Cl.Cl.NC(=O)C1CCN(Cc2cccc(NC(=O)CCc3ccccc3N)c2)CC1. The molecule has 1 aliphatic heterocycles. The highest BCUT2D eigenvalue weighted by atomic mass is 35.5. The molecule has 2 aromatic carbocycles. The highest BCUT2D eigenvalue weighted by molar-refractivity contribution is 5.91. The van der Waals surface area contributed by atoms with Crippen LogP contribution in [0.15, 0.2) is 48.5 Å². The van der Waals surface area contributed by atoms with E-state index in [4.69, 9.17) is 11.5 Å². The molecule has 30 heavy (non-hydrogen) atoms. The molecule has 0 radical (unpaired) electrons. The summed E-state index contributed by atoms with van der Waals surface area (Å²) in [5.74, 6) is -0.218. The van der Waals surface area contributed by atoms with E-state index in [1.54, 1.807) is 0 Å². The number of nitrogens with zero attached hydrogens (tertiary/aromatic N) is 1. The number of anilines is 2. The number of nitrogens with two attached hydrogens (primary N) is 2. The minimum Gasteiger partial charge on any atom is -0.399 e. The summed E-state index contributed by atoms with van der Waals surface area (Å²) in [6.07, 6.45) is 2.63. The number of nitrogen functional groups attached to an aromatic ring is 1. The lowest BCUT2D eigenvalue weighted by Crippen LogP contribution is -2.38. The number of aryl methyl sites for hydroxylation is 1. The number of rotatable bonds is 7. The topological polar surface area (TPSA) is 101 Å². The van der Waals surface area contributed by atoms with Gasteiger partial charge in [0.15, 0.2) is 0 Å². The van der Waals surface area contributed by atoms with Gasteiger partial charge >= 0.3 is 0 Å². The van der Waals surface area contributed by atoms with Gasteiger partial charge in [-0.05, 0) is 61.7 Å². The van der Waals surface area contributed by atoms with Crippen LogP contribution in [-0.2, 0) is 22.6 Å². The first-order valence-corrected chi connectivity index (χ1v) is 9.75. The van der Waals surface area contributed by atoms with Crippen molar-refractivity contribution in [1.29, 1.82) is 0 Å². The lowest BCUT2D eigenvalue weighted by molar-refractivity contribution is -0.123. The van der Waals surface area contributed by atoms with Gasteiger partial charge < -0.3 is 16.8 Å². The molecule has 2 aromatic rings. The van der Waals surface area contributed by atoms with Gasteiger partial charge in [0.05, 0.1) is 0 Å². The third-order valence-electron chi connectivity index (χ3n) is 5.28. The molecule has 6 nitrogen and oxygen atoms in total. The van der Waals surface area contributed by atoms with Crippen LogP contribution >= 0.6 is 24.8 Å². The van der Waals surface area contributed by atoms with Crippen molar-refractivity contribution in [2.45, 2.75) is 32.2 Å². The van der Waals surface area contributed by atoms with Gasteiger partial charge in [0.2, 0.25) is 11.8 Å². The molecule has 0 bridgehead atoms. The Hall–Kier alpha value is -2.28. The number of likely N-dealkylation sites (tertiary alicyclic amines) is 1. The van der Waals surface area contributed by atoms with Gasteiger partial charge in [0.25, 0.3) is 0 Å². The first-order valence-electron chi connectivity index (χ1n) is 9.75. The molecule has 1 aliphatic rings. The molecule has 0 unspecified atom stereocenters. The maximum absolute atomic E-state index is 12.3. The number of halogens is 2. The molecule has 5 N–H and O–H groups in total. The molecule has 3 rings (SSSR count). The molecular formula is C22H30Cl2N4O2. The number of nitrogens with one attached hydrogen (secondary N) is 1. The van der Waals surface area contributed by atoms with Gasteiger partial charge in [0.1, 0.15) is 0 Å². The van der Waals surface area contributed by atoms with Crippen LogP contribution < -0.4 is 16.8 Å². The number of hydrogen-bond donors (Lipinski definition) is 3. The van der Waals surface area contributed by atoms with E-state index in [9.17, 15) is 9.59 Å². The highest BCUT2D eigenvalue weighted by Crippen LogP contribution is 2.20. The lowest BCUT2D eigenvalue weighted by atomic mass is 9.96. The van der Waals surface area contributed by atoms with Gasteiger partial charge in [-0.3, -0.25) is 14.5 Å². The van der Waals surface area contributed by atoms with E-state index in [0.717, 1.165) is 55.0 Å². The number of para-hydroxylation sites is 1. The number of carbonyl (C=O) groups excluding carboxylic acids is 2. The van der Waals surface area contributed by atoms with Crippen molar-refractivity contribution in [3.63, 3.8) is 0 Å². The zero-order chi connectivity index (χ0) is 19.9. The van der Waals surface area contributed by atoms with Crippen LogP contribution in [0.3, 0.4) is 0 Å². The normalized spacial score (nSPS) is 14.3. The van der Waals surface area contributed by atoms with Gasteiger partial charge in [-0.2, -0.15) is 0 Å². The summed E-state index contributed by atoms with van der Waals surface area (Å²) in [4.78, 5) is 25.9. The fraction of sp³-hybridized carbons (Fsp3) is 0.364. The predicted octanol–water partition coefficient (Wildman–Crippen LogP) is 3.38. The molecule has 2 amide bonds. The number of carbonyl (C=O) groups is 2. The lowest BCUT2D eigenvalue weighted by Gasteiger charge is -2.30. The van der Waals surface area contributed by atoms with Crippen LogP contribution in [0.25, 0.3) is 0 Å². The van der Waals surface area contributed by atoms with Gasteiger partial charge in [-0.15, -0.1) is 24.8 Å². The van der Waals surface area contributed by atoms with E-state index in [2.05, 4.69) is 16.3 Å². The minimum absolute atomic E-state index is 0.